The minimum absolute atomic E-state index is 0.0170. The summed E-state index contributed by atoms with van der Waals surface area (Å²) in [4.78, 5) is 52.3. The molecule has 0 fully saturated rings. The van der Waals surface area contributed by atoms with Gasteiger partial charge in [-0.1, -0.05) is 26.0 Å². The minimum Gasteiger partial charge on any atom is -0.492 e. The van der Waals surface area contributed by atoms with Crippen molar-refractivity contribution in [2.45, 2.75) is 77.8 Å². The molecule has 234 valence electrons. The number of fused-ring (bicyclic) bond motifs is 2. The summed E-state index contributed by atoms with van der Waals surface area (Å²) in [7, 11) is 4.15. The van der Waals surface area contributed by atoms with Crippen LogP contribution in [0.2, 0.25) is 0 Å². The number of carbonyl (C=O) groups is 4. The van der Waals surface area contributed by atoms with Crippen LogP contribution in [0.15, 0.2) is 46.1 Å². The van der Waals surface area contributed by atoms with Gasteiger partial charge in [0.15, 0.2) is 5.76 Å². The number of methoxy groups -OCH3 is 3. The molecule has 6 atom stereocenters. The predicted molar refractivity (Wildman–Crippen MR) is 152 cm³/mol. The third-order valence-corrected chi connectivity index (χ3v) is 7.56. The minimum atomic E-state index is -0.984. The molecule has 12 nitrogen and oxygen atoms in total. The zero-order valence-electron chi connectivity index (χ0n) is 25.4. The number of Topliss-reactive ketones (excluding diaryl/α,β-unsaturated/α-hetero) is 2. The van der Waals surface area contributed by atoms with E-state index < -0.39 is 71.8 Å². The number of hydrogen-bond acceptors (Lipinski definition) is 11. The van der Waals surface area contributed by atoms with Crippen molar-refractivity contribution in [2.24, 2.45) is 17.6 Å². The molecular formula is C30H44N2O10. The topological polar surface area (TPSA) is 184 Å². The predicted octanol–water partition coefficient (Wildman–Crippen LogP) is 1.36. The lowest BCUT2D eigenvalue weighted by Gasteiger charge is -2.29. The van der Waals surface area contributed by atoms with E-state index in [4.69, 9.17) is 24.7 Å². The molecular weight excluding hydrogens is 548 g/mol. The van der Waals surface area contributed by atoms with Gasteiger partial charge in [0.25, 0.3) is 11.7 Å². The Morgan fingerprint density at radius 3 is 2.24 bits per heavy atom. The molecule has 0 radical (unpaired) electrons. The smallest absolute Gasteiger partial charge is 0.325 e. The van der Waals surface area contributed by atoms with Gasteiger partial charge in [-0.25, -0.2) is 0 Å². The number of esters is 1. The quantitative estimate of drug-likeness (QED) is 0.205. The van der Waals surface area contributed by atoms with E-state index in [1.54, 1.807) is 26.0 Å². The van der Waals surface area contributed by atoms with Crippen LogP contribution >= 0.6 is 0 Å². The summed E-state index contributed by atoms with van der Waals surface area (Å²) < 4.78 is 21.5. The summed E-state index contributed by atoms with van der Waals surface area (Å²) in [5.74, 6) is -5.03. The van der Waals surface area contributed by atoms with Gasteiger partial charge in [-0.15, -0.1) is 0 Å². The van der Waals surface area contributed by atoms with Crippen LogP contribution in [0.25, 0.3) is 0 Å². The molecule has 12 heteroatoms. The van der Waals surface area contributed by atoms with E-state index in [-0.39, 0.29) is 29.2 Å². The Labute approximate surface area is 246 Å². The monoisotopic (exact) mass is 592 g/mol. The van der Waals surface area contributed by atoms with Crippen LogP contribution in [0.3, 0.4) is 0 Å². The first-order valence-corrected chi connectivity index (χ1v) is 13.9. The molecule has 0 aromatic heterocycles. The zero-order valence-corrected chi connectivity index (χ0v) is 25.4. The first kappa shape index (κ1) is 35.0. The number of nitrogens with two attached hydrogens (primary N) is 1. The summed E-state index contributed by atoms with van der Waals surface area (Å²) in [6.07, 6.45) is 1.24. The van der Waals surface area contributed by atoms with Gasteiger partial charge < -0.3 is 40.2 Å². The largest absolute Gasteiger partial charge is 0.492 e. The van der Waals surface area contributed by atoms with Crippen LogP contribution in [0, 0.1) is 11.8 Å². The fourth-order valence-electron chi connectivity index (χ4n) is 5.10. The van der Waals surface area contributed by atoms with E-state index in [1.165, 1.54) is 28.3 Å². The molecule has 2 bridgehead atoms. The molecule has 1 aliphatic heterocycles. The summed E-state index contributed by atoms with van der Waals surface area (Å²) in [6, 6.07) is 0. The summed E-state index contributed by atoms with van der Waals surface area (Å²) >= 11 is 0. The van der Waals surface area contributed by atoms with Crippen molar-refractivity contribution in [2.75, 3.05) is 27.9 Å². The molecule has 1 amide bonds. The number of nitrogens with one attached hydrogen (secondary N) is 1. The lowest BCUT2D eigenvalue weighted by Crippen LogP contribution is -2.38. The van der Waals surface area contributed by atoms with Gasteiger partial charge in [-0.3, -0.25) is 19.2 Å². The van der Waals surface area contributed by atoms with Crippen LogP contribution < -0.4 is 11.1 Å². The zero-order chi connectivity index (χ0) is 31.7. The lowest BCUT2D eigenvalue weighted by atomic mass is 9.85. The number of aliphatic hydroxyl groups excluding tert-OH is 2. The van der Waals surface area contributed by atoms with Crippen molar-refractivity contribution in [1.29, 1.82) is 0 Å². The number of rotatable bonds is 5. The SMILES string of the molecule is COC1=C2CC(C)C[C@H](OC)C(O)C(C)/C=C(/C)C(O)C(OC)CC/C=C(\C)C(=O)NC(=C(OC(=O)CN)C1=O)C2=O. The van der Waals surface area contributed by atoms with E-state index in [0.717, 1.165) is 0 Å². The number of ketones is 2. The van der Waals surface area contributed by atoms with Crippen LogP contribution in [0.5, 0.6) is 0 Å². The third kappa shape index (κ3) is 8.45. The number of aliphatic hydroxyl groups is 2. The fourth-order valence-corrected chi connectivity index (χ4v) is 5.10. The highest BCUT2D eigenvalue weighted by molar-refractivity contribution is 6.25. The van der Waals surface area contributed by atoms with Crippen molar-refractivity contribution in [1.82, 2.24) is 5.32 Å². The second kappa shape index (κ2) is 15.9. The van der Waals surface area contributed by atoms with Gasteiger partial charge in [-0.05, 0) is 51.0 Å². The molecule has 2 aliphatic rings. The number of ether oxygens (including phenoxy) is 4. The van der Waals surface area contributed by atoms with Crippen molar-refractivity contribution < 1.29 is 48.3 Å². The standard InChI is InChI=1S/C30H44N2O10/c1-15-11-19-26(36)23(29(42-22(33)14-31)27(37)28(19)41-7)32-30(38)16(2)9-8-10-20(39-5)24(34)17(3)13-18(4)25(35)21(12-15)40-6/h9,13,15,18,20-21,24-25,34-35H,8,10-12,14,31H2,1-7H3,(H,32,38)/b16-9+,17-13-/t15?,18?,20?,21-,24?,25?/m0/s1. The van der Waals surface area contributed by atoms with Gasteiger partial charge in [-0.2, -0.15) is 0 Å². The summed E-state index contributed by atoms with van der Waals surface area (Å²) in [6.45, 7) is 6.33. The Morgan fingerprint density at radius 1 is 1.02 bits per heavy atom. The number of carbonyl (C=O) groups excluding carboxylic acids is 4. The molecule has 0 aromatic rings. The number of amides is 1. The third-order valence-electron chi connectivity index (χ3n) is 7.56. The molecule has 2 rings (SSSR count). The maximum absolute atomic E-state index is 13.7. The Bertz CT molecular complexity index is 1170. The maximum Gasteiger partial charge on any atom is 0.325 e. The van der Waals surface area contributed by atoms with E-state index in [9.17, 15) is 29.4 Å². The van der Waals surface area contributed by atoms with Crippen molar-refractivity contribution in [3.8, 4) is 0 Å². The number of hydrogen-bond donors (Lipinski definition) is 4. The highest BCUT2D eigenvalue weighted by Gasteiger charge is 2.40. The van der Waals surface area contributed by atoms with Crippen LogP contribution in [0.1, 0.15) is 53.4 Å². The highest BCUT2D eigenvalue weighted by Crippen LogP contribution is 2.32. The summed E-state index contributed by atoms with van der Waals surface area (Å²) in [5.41, 5.74) is 5.68. The second-order valence-corrected chi connectivity index (χ2v) is 10.8. The Morgan fingerprint density at radius 2 is 1.67 bits per heavy atom. The Balaban J connectivity index is 2.63. The van der Waals surface area contributed by atoms with Crippen molar-refractivity contribution in [3.63, 3.8) is 0 Å². The maximum atomic E-state index is 13.7. The first-order valence-electron chi connectivity index (χ1n) is 13.9. The van der Waals surface area contributed by atoms with Crippen LogP contribution in [-0.2, 0) is 38.1 Å². The lowest BCUT2D eigenvalue weighted by molar-refractivity contribution is -0.141. The van der Waals surface area contributed by atoms with Crippen molar-refractivity contribution in [3.05, 3.63) is 46.1 Å². The van der Waals surface area contributed by atoms with Crippen LogP contribution in [0.4, 0.5) is 0 Å². The van der Waals surface area contributed by atoms with Gasteiger partial charge in [0.1, 0.15) is 11.8 Å². The second-order valence-electron chi connectivity index (χ2n) is 10.8. The molecule has 1 aliphatic carbocycles. The van der Waals surface area contributed by atoms with Gasteiger partial charge in [0.05, 0.1) is 32.0 Å². The van der Waals surface area contributed by atoms with Crippen molar-refractivity contribution >= 4 is 23.4 Å². The Kier molecular flexibility index (Phi) is 13.3. The van der Waals surface area contributed by atoms with E-state index >= 15 is 0 Å². The van der Waals surface area contributed by atoms with E-state index in [2.05, 4.69) is 5.32 Å². The molecule has 0 saturated carbocycles. The van der Waals surface area contributed by atoms with Gasteiger partial charge in [0, 0.05) is 31.3 Å². The van der Waals surface area contributed by atoms with E-state index in [1.807, 2.05) is 6.92 Å². The molecule has 42 heavy (non-hydrogen) atoms. The van der Waals surface area contributed by atoms with E-state index in [0.29, 0.717) is 24.8 Å². The fraction of sp³-hybridized carbons (Fsp3) is 0.600. The van der Waals surface area contributed by atoms with Gasteiger partial charge in [0.2, 0.25) is 11.5 Å². The number of allylic oxidation sites excluding steroid dienone is 2. The normalized spacial score (nSPS) is 31.6. The molecule has 5 unspecified atom stereocenters. The Hall–Kier alpha value is -3.16. The van der Waals surface area contributed by atoms with Crippen LogP contribution in [-0.4, -0.2) is 85.9 Å². The summed E-state index contributed by atoms with van der Waals surface area (Å²) in [5, 5.41) is 24.5. The van der Waals surface area contributed by atoms with Gasteiger partial charge >= 0.3 is 5.97 Å². The molecule has 5 N–H and O–H groups in total. The average molecular weight is 593 g/mol. The average Bonchev–Trinajstić information content (AvgIpc) is 2.96. The first-order chi connectivity index (χ1) is 19.8. The molecule has 1 heterocycles. The molecule has 0 spiro atoms. The molecule has 0 aromatic carbocycles. The highest BCUT2D eigenvalue weighted by atomic mass is 16.5. The molecule has 0 saturated heterocycles.